The van der Waals surface area contributed by atoms with E-state index in [9.17, 15) is 29.4 Å². The zero-order chi connectivity index (χ0) is 26.4. The summed E-state index contributed by atoms with van der Waals surface area (Å²) >= 11 is 0. The molecule has 1 fully saturated rings. The molecule has 3 aromatic rings. The van der Waals surface area contributed by atoms with Crippen LogP contribution in [0.3, 0.4) is 0 Å². The third-order valence-corrected chi connectivity index (χ3v) is 6.62. The molecule has 1 aromatic heterocycles. The minimum atomic E-state index is -1.14. The van der Waals surface area contributed by atoms with Gasteiger partial charge in [-0.3, -0.25) is 14.2 Å². The fraction of sp³-hybridized carbons (Fsp3) is 0.333. The normalized spacial score (nSPS) is 16.0. The molecule has 2 amide bonds. The summed E-state index contributed by atoms with van der Waals surface area (Å²) in [4.78, 5) is 50.7. The topological polar surface area (TPSA) is 141 Å². The largest absolute Gasteiger partial charge is 0.480 e. The molecule has 10 nitrogen and oxygen atoms in total. The molecular weight excluding hydrogens is 476 g/mol. The van der Waals surface area contributed by atoms with E-state index in [0.29, 0.717) is 42.4 Å². The Morgan fingerprint density at radius 3 is 2.46 bits per heavy atom. The van der Waals surface area contributed by atoms with Crippen molar-refractivity contribution in [2.24, 2.45) is 0 Å². The predicted octanol–water partition coefficient (Wildman–Crippen LogP) is 2.45. The van der Waals surface area contributed by atoms with E-state index in [1.54, 1.807) is 24.3 Å². The van der Waals surface area contributed by atoms with Crippen molar-refractivity contribution in [3.63, 3.8) is 0 Å². The van der Waals surface area contributed by atoms with E-state index in [2.05, 4.69) is 10.6 Å². The number of carbonyl (C=O) groups excluding carboxylic acids is 2. The van der Waals surface area contributed by atoms with Gasteiger partial charge in [-0.2, -0.15) is 0 Å². The van der Waals surface area contributed by atoms with Gasteiger partial charge in [-0.25, -0.2) is 9.59 Å². The molecule has 0 unspecified atom stereocenters. The van der Waals surface area contributed by atoms with Gasteiger partial charge in [-0.05, 0) is 36.5 Å². The number of carboxylic acid groups (broad SMARTS) is 2. The number of carboxylic acids is 1. The molecule has 0 radical (unpaired) electrons. The van der Waals surface area contributed by atoms with Gasteiger partial charge in [0.1, 0.15) is 6.04 Å². The molecule has 1 aliphatic heterocycles. The summed E-state index contributed by atoms with van der Waals surface area (Å²) in [6, 6.07) is 14.8. The highest BCUT2D eigenvalue weighted by Gasteiger charge is 2.37. The summed E-state index contributed by atoms with van der Waals surface area (Å²) in [5, 5.41) is 25.9. The zero-order valence-electron chi connectivity index (χ0n) is 20.3. The fourth-order valence-corrected chi connectivity index (χ4v) is 4.77. The second-order valence-corrected chi connectivity index (χ2v) is 9.08. The molecule has 0 spiro atoms. The van der Waals surface area contributed by atoms with E-state index in [-0.39, 0.29) is 31.2 Å². The van der Waals surface area contributed by atoms with Gasteiger partial charge in [0.25, 0.3) is 0 Å². The van der Waals surface area contributed by atoms with Gasteiger partial charge in [0.15, 0.2) is 0 Å². The number of para-hydroxylation sites is 1. The summed E-state index contributed by atoms with van der Waals surface area (Å²) in [6.45, 7) is 0.924. The van der Waals surface area contributed by atoms with Crippen molar-refractivity contribution < 1.29 is 29.4 Å². The Morgan fingerprint density at radius 2 is 1.73 bits per heavy atom. The third-order valence-electron chi connectivity index (χ3n) is 6.62. The molecular formula is C27H30N4O6. The van der Waals surface area contributed by atoms with Gasteiger partial charge in [0, 0.05) is 37.6 Å². The molecule has 37 heavy (non-hydrogen) atoms. The van der Waals surface area contributed by atoms with E-state index in [4.69, 9.17) is 0 Å². The number of fused-ring (bicyclic) bond motifs is 1. The molecule has 2 heterocycles. The minimum absolute atomic E-state index is 0.121. The molecule has 1 aliphatic rings. The van der Waals surface area contributed by atoms with Crippen molar-refractivity contribution in [3.05, 3.63) is 71.9 Å². The van der Waals surface area contributed by atoms with Crippen molar-refractivity contribution in [2.45, 2.75) is 44.3 Å². The highest BCUT2D eigenvalue weighted by Crippen LogP contribution is 2.24. The van der Waals surface area contributed by atoms with E-state index in [1.165, 1.54) is 11.1 Å². The van der Waals surface area contributed by atoms with Crippen molar-refractivity contribution in [1.29, 1.82) is 0 Å². The molecule has 2 aromatic carbocycles. The van der Waals surface area contributed by atoms with Crippen LogP contribution < -0.4 is 10.6 Å². The van der Waals surface area contributed by atoms with E-state index in [0.717, 1.165) is 10.1 Å². The SMILES string of the molecule is O=C(CCN[C@@H](Cc1cn(C(=O)O)c2ccccc12)C(=O)N1CCC[C@H]1C(=O)O)NCc1ccccc1. The second-order valence-electron chi connectivity index (χ2n) is 9.08. The third kappa shape index (κ3) is 6.15. The number of likely N-dealkylation sites (tertiary alicyclic amines) is 1. The van der Waals surface area contributed by atoms with Crippen LogP contribution in [0.5, 0.6) is 0 Å². The Kier molecular flexibility index (Phi) is 8.19. The first-order valence-corrected chi connectivity index (χ1v) is 12.2. The lowest BCUT2D eigenvalue weighted by Gasteiger charge is -2.27. The van der Waals surface area contributed by atoms with Crippen molar-refractivity contribution >= 4 is 34.8 Å². The number of rotatable bonds is 10. The Morgan fingerprint density at radius 1 is 1.00 bits per heavy atom. The number of aliphatic carboxylic acids is 1. The molecule has 4 N–H and O–H groups in total. The van der Waals surface area contributed by atoms with Crippen LogP contribution in [0.2, 0.25) is 0 Å². The molecule has 10 heteroatoms. The van der Waals surface area contributed by atoms with Crippen LogP contribution >= 0.6 is 0 Å². The Bertz CT molecular complexity index is 1290. The van der Waals surface area contributed by atoms with Gasteiger partial charge < -0.3 is 25.7 Å². The van der Waals surface area contributed by atoms with Crippen molar-refractivity contribution in [3.8, 4) is 0 Å². The van der Waals surface area contributed by atoms with E-state index < -0.39 is 24.1 Å². The lowest BCUT2D eigenvalue weighted by molar-refractivity contribution is -0.149. The van der Waals surface area contributed by atoms with Gasteiger partial charge in [-0.1, -0.05) is 48.5 Å². The van der Waals surface area contributed by atoms with E-state index >= 15 is 0 Å². The maximum atomic E-state index is 13.5. The summed E-state index contributed by atoms with van der Waals surface area (Å²) in [5.74, 6) is -1.61. The molecule has 194 valence electrons. The first-order valence-electron chi connectivity index (χ1n) is 12.2. The van der Waals surface area contributed by atoms with Crippen molar-refractivity contribution in [1.82, 2.24) is 20.1 Å². The number of hydrogen-bond acceptors (Lipinski definition) is 5. The zero-order valence-corrected chi connectivity index (χ0v) is 20.3. The molecule has 0 bridgehead atoms. The van der Waals surface area contributed by atoms with Crippen LogP contribution in [0.4, 0.5) is 4.79 Å². The predicted molar refractivity (Wildman–Crippen MR) is 136 cm³/mol. The second kappa shape index (κ2) is 11.7. The number of hydrogen-bond donors (Lipinski definition) is 4. The highest BCUT2D eigenvalue weighted by molar-refractivity contribution is 5.93. The molecule has 0 saturated carbocycles. The minimum Gasteiger partial charge on any atom is -0.480 e. The Balaban J connectivity index is 1.48. The maximum absolute atomic E-state index is 13.5. The van der Waals surface area contributed by atoms with Gasteiger partial charge >= 0.3 is 12.1 Å². The quantitative estimate of drug-likeness (QED) is 0.331. The first kappa shape index (κ1) is 25.9. The summed E-state index contributed by atoms with van der Waals surface area (Å²) < 4.78 is 1.11. The number of nitrogens with one attached hydrogen (secondary N) is 2. The first-order chi connectivity index (χ1) is 17.8. The average molecular weight is 507 g/mol. The Labute approximate surface area is 213 Å². The van der Waals surface area contributed by atoms with Crippen LogP contribution in [-0.4, -0.2) is 68.7 Å². The van der Waals surface area contributed by atoms with Gasteiger partial charge in [0.2, 0.25) is 11.8 Å². The smallest absolute Gasteiger partial charge is 0.416 e. The number of amides is 2. The van der Waals surface area contributed by atoms with Gasteiger partial charge in [-0.15, -0.1) is 0 Å². The summed E-state index contributed by atoms with van der Waals surface area (Å²) in [5.41, 5.74) is 2.12. The summed E-state index contributed by atoms with van der Waals surface area (Å²) in [6.07, 6.45) is 1.59. The molecule has 0 aliphatic carbocycles. The monoisotopic (exact) mass is 506 g/mol. The average Bonchev–Trinajstić information content (AvgIpc) is 3.53. The van der Waals surface area contributed by atoms with Crippen LogP contribution in [0.1, 0.15) is 30.4 Å². The van der Waals surface area contributed by atoms with Crippen LogP contribution in [0.25, 0.3) is 10.9 Å². The molecule has 1 saturated heterocycles. The fourth-order valence-electron chi connectivity index (χ4n) is 4.77. The van der Waals surface area contributed by atoms with E-state index in [1.807, 2.05) is 30.3 Å². The highest BCUT2D eigenvalue weighted by atomic mass is 16.4. The standard InChI is InChI=1S/C27H30N4O6/c32-24(29-16-18-7-2-1-3-8-18)12-13-28-21(25(33)30-14-6-11-23(30)26(34)35)15-19-17-31(27(36)37)22-10-5-4-9-20(19)22/h1-5,7-10,17,21,23,28H,6,11-16H2,(H,29,32)(H,34,35)(H,36,37)/t21-,23-/m0/s1. The number of nitrogens with zero attached hydrogens (tertiary/aromatic N) is 2. The van der Waals surface area contributed by atoms with Crippen LogP contribution in [0.15, 0.2) is 60.8 Å². The molecule has 2 atom stereocenters. The van der Waals surface area contributed by atoms with Crippen LogP contribution in [-0.2, 0) is 27.3 Å². The summed E-state index contributed by atoms with van der Waals surface area (Å²) in [7, 11) is 0. The Hall–Kier alpha value is -4.18. The number of aromatic nitrogens is 1. The van der Waals surface area contributed by atoms with Crippen molar-refractivity contribution in [2.75, 3.05) is 13.1 Å². The van der Waals surface area contributed by atoms with Crippen LogP contribution in [0, 0.1) is 0 Å². The number of benzene rings is 2. The maximum Gasteiger partial charge on any atom is 0.416 e. The lowest BCUT2D eigenvalue weighted by atomic mass is 10.0. The van der Waals surface area contributed by atoms with Gasteiger partial charge in [0.05, 0.1) is 11.6 Å². The number of carbonyl (C=O) groups is 4. The molecule has 4 rings (SSSR count). The lowest BCUT2D eigenvalue weighted by Crippen LogP contribution is -2.51.